The number of carboxylic acid groups (broad SMARTS) is 2. The summed E-state index contributed by atoms with van der Waals surface area (Å²) in [5, 5.41) is 53.7. The Labute approximate surface area is 192 Å². The van der Waals surface area contributed by atoms with Gasteiger partial charge in [0.25, 0.3) is 0 Å². The van der Waals surface area contributed by atoms with E-state index in [0.29, 0.717) is 39.3 Å². The van der Waals surface area contributed by atoms with Crippen LogP contribution in [0.15, 0.2) is 24.3 Å². The topological polar surface area (TPSA) is 162 Å². The first-order valence-electron chi connectivity index (χ1n) is 10.4. The maximum Gasteiger partial charge on any atom is 0.330 e. The molecule has 0 aromatic carbocycles. The van der Waals surface area contributed by atoms with Gasteiger partial charge in [-0.05, 0) is 41.5 Å². The molecule has 10 heteroatoms. The number of aliphatic hydroxyl groups is 4. The van der Waals surface area contributed by atoms with Crippen molar-refractivity contribution in [3.05, 3.63) is 24.3 Å². The molecule has 0 aromatic heterocycles. The van der Waals surface area contributed by atoms with Crippen molar-refractivity contribution < 1.29 is 40.2 Å². The van der Waals surface area contributed by atoms with Crippen LogP contribution in [0.25, 0.3) is 0 Å². The summed E-state index contributed by atoms with van der Waals surface area (Å²) in [5.74, 6) is -1.87. The first-order valence-corrected chi connectivity index (χ1v) is 10.4. The third-order valence-corrected chi connectivity index (χ3v) is 3.55. The number of hydrogen-bond donors (Lipinski definition) is 6. The van der Waals surface area contributed by atoms with Gasteiger partial charge in [-0.1, -0.05) is 13.2 Å². The van der Waals surface area contributed by atoms with Crippen molar-refractivity contribution in [2.24, 2.45) is 0 Å². The molecule has 0 aliphatic heterocycles. The minimum atomic E-state index is -0.935. The van der Waals surface area contributed by atoms with E-state index in [0.717, 1.165) is 0 Å². The molecule has 0 bridgehead atoms. The number of nitrogens with zero attached hydrogens (tertiary/aromatic N) is 2. The summed E-state index contributed by atoms with van der Waals surface area (Å²) in [4.78, 5) is 23.2. The molecule has 0 rings (SSSR count). The number of carbonyl (C=O) groups is 2. The van der Waals surface area contributed by atoms with E-state index in [2.05, 4.69) is 13.2 Å². The molecule has 0 aliphatic carbocycles. The van der Waals surface area contributed by atoms with E-state index in [9.17, 15) is 30.0 Å². The lowest BCUT2D eigenvalue weighted by Gasteiger charge is -2.30. The third kappa shape index (κ3) is 28.2. The van der Waals surface area contributed by atoms with Gasteiger partial charge in [0, 0.05) is 50.4 Å². The normalized spacial score (nSPS) is 14.2. The SMILES string of the molecule is C=C(C)C(=O)O.C=C(C)C(=O)O.CC(O)CN(CCN(CC(C)O)CC(C)O)CC(C)O. The Hall–Kier alpha value is -1.82. The number of carboxylic acids is 2. The Balaban J connectivity index is -0.000000571. The molecule has 6 N–H and O–H groups in total. The van der Waals surface area contributed by atoms with Crippen LogP contribution in [0.1, 0.15) is 41.5 Å². The van der Waals surface area contributed by atoms with Crippen LogP contribution >= 0.6 is 0 Å². The van der Waals surface area contributed by atoms with Crippen LogP contribution < -0.4 is 0 Å². The Morgan fingerprint density at radius 1 is 0.625 bits per heavy atom. The minimum Gasteiger partial charge on any atom is -0.478 e. The van der Waals surface area contributed by atoms with Crippen LogP contribution in [0.2, 0.25) is 0 Å². The van der Waals surface area contributed by atoms with Gasteiger partial charge >= 0.3 is 11.9 Å². The number of hydrogen-bond acceptors (Lipinski definition) is 8. The predicted octanol–water partition coefficient (Wildman–Crippen LogP) is 0.408. The van der Waals surface area contributed by atoms with Gasteiger partial charge in [0.1, 0.15) is 0 Å². The predicted molar refractivity (Wildman–Crippen MR) is 125 cm³/mol. The van der Waals surface area contributed by atoms with Gasteiger partial charge in [-0.15, -0.1) is 0 Å². The van der Waals surface area contributed by atoms with Crippen LogP contribution in [-0.4, -0.2) is 116 Å². The number of aliphatic hydroxyl groups excluding tert-OH is 4. The van der Waals surface area contributed by atoms with Crippen molar-refractivity contribution in [1.82, 2.24) is 9.80 Å². The van der Waals surface area contributed by atoms with Gasteiger partial charge in [-0.3, -0.25) is 9.80 Å². The van der Waals surface area contributed by atoms with Gasteiger partial charge in [0.05, 0.1) is 24.4 Å². The van der Waals surface area contributed by atoms with Crippen molar-refractivity contribution >= 4 is 11.9 Å². The summed E-state index contributed by atoms with van der Waals surface area (Å²) in [7, 11) is 0. The second kappa shape index (κ2) is 19.8. The monoisotopic (exact) mass is 464 g/mol. The summed E-state index contributed by atoms with van der Waals surface area (Å²) in [5.41, 5.74) is 0.352. The van der Waals surface area contributed by atoms with E-state index in [1.54, 1.807) is 27.7 Å². The summed E-state index contributed by atoms with van der Waals surface area (Å²) in [6, 6.07) is 0. The maximum atomic E-state index is 9.60. The van der Waals surface area contributed by atoms with Gasteiger partial charge in [0.2, 0.25) is 0 Å². The highest BCUT2D eigenvalue weighted by molar-refractivity contribution is 5.85. The molecule has 0 spiro atoms. The Morgan fingerprint density at radius 3 is 0.875 bits per heavy atom. The number of aliphatic carboxylic acids is 2. The van der Waals surface area contributed by atoms with Gasteiger partial charge in [-0.2, -0.15) is 0 Å². The third-order valence-electron chi connectivity index (χ3n) is 3.55. The largest absolute Gasteiger partial charge is 0.478 e. The molecule has 0 heterocycles. The lowest BCUT2D eigenvalue weighted by Crippen LogP contribution is -2.44. The molecule has 4 unspecified atom stereocenters. The Morgan fingerprint density at radius 2 is 0.781 bits per heavy atom. The van der Waals surface area contributed by atoms with Crippen LogP contribution in [0.3, 0.4) is 0 Å². The molecule has 10 nitrogen and oxygen atoms in total. The van der Waals surface area contributed by atoms with Crippen molar-refractivity contribution in [3.8, 4) is 0 Å². The van der Waals surface area contributed by atoms with E-state index in [4.69, 9.17) is 10.2 Å². The van der Waals surface area contributed by atoms with Crippen LogP contribution in [0, 0.1) is 0 Å². The highest BCUT2D eigenvalue weighted by atomic mass is 16.4. The molecule has 190 valence electrons. The Bertz CT molecular complexity index is 456. The fourth-order valence-corrected chi connectivity index (χ4v) is 2.29. The van der Waals surface area contributed by atoms with Crippen LogP contribution in [0.4, 0.5) is 0 Å². The van der Waals surface area contributed by atoms with E-state index in [1.165, 1.54) is 13.8 Å². The summed E-state index contributed by atoms with van der Waals surface area (Å²) in [6.45, 7) is 19.4. The second-order valence-corrected chi connectivity index (χ2v) is 8.09. The van der Waals surface area contributed by atoms with Crippen LogP contribution in [0.5, 0.6) is 0 Å². The highest BCUT2D eigenvalue weighted by Gasteiger charge is 2.15. The lowest BCUT2D eigenvalue weighted by molar-refractivity contribution is -0.133. The van der Waals surface area contributed by atoms with E-state index >= 15 is 0 Å². The quantitative estimate of drug-likeness (QED) is 0.210. The van der Waals surface area contributed by atoms with Crippen LogP contribution in [-0.2, 0) is 9.59 Å². The van der Waals surface area contributed by atoms with Crippen molar-refractivity contribution in [2.45, 2.75) is 66.0 Å². The summed E-state index contributed by atoms with van der Waals surface area (Å²) < 4.78 is 0. The molecule has 0 fully saturated rings. The fraction of sp³-hybridized carbons (Fsp3) is 0.727. The zero-order valence-electron chi connectivity index (χ0n) is 20.4. The molecule has 4 atom stereocenters. The van der Waals surface area contributed by atoms with Crippen molar-refractivity contribution in [1.29, 1.82) is 0 Å². The van der Waals surface area contributed by atoms with E-state index in [1.807, 2.05) is 9.80 Å². The number of rotatable bonds is 13. The summed E-state index contributed by atoms with van der Waals surface area (Å²) >= 11 is 0. The van der Waals surface area contributed by atoms with Crippen molar-refractivity contribution in [2.75, 3.05) is 39.3 Å². The molecule has 0 aliphatic rings. The highest BCUT2D eigenvalue weighted by Crippen LogP contribution is 2.00. The standard InChI is InChI=1S/C14H32N2O4.2C4H6O2/c1-11(17)7-15(8-12(2)18)5-6-16(9-13(3)19)10-14(4)20;2*1-3(2)4(5)6/h11-14,17-20H,5-10H2,1-4H3;2*1H2,2H3,(H,5,6). The lowest BCUT2D eigenvalue weighted by atomic mass is 10.2. The molecule has 32 heavy (non-hydrogen) atoms. The van der Waals surface area contributed by atoms with E-state index in [-0.39, 0.29) is 11.1 Å². The summed E-state index contributed by atoms with van der Waals surface area (Å²) in [6.07, 6.45) is -1.79. The van der Waals surface area contributed by atoms with E-state index < -0.39 is 36.4 Å². The minimum absolute atomic E-state index is 0.176. The maximum absolute atomic E-state index is 9.60. The average Bonchev–Trinajstić information content (AvgIpc) is 2.58. The first-order chi connectivity index (χ1) is 14.5. The van der Waals surface area contributed by atoms with Gasteiger partial charge in [-0.25, -0.2) is 9.59 Å². The smallest absolute Gasteiger partial charge is 0.330 e. The van der Waals surface area contributed by atoms with Crippen molar-refractivity contribution in [3.63, 3.8) is 0 Å². The zero-order valence-corrected chi connectivity index (χ0v) is 20.4. The molecule has 0 saturated carbocycles. The molecule has 0 amide bonds. The first kappa shape index (κ1) is 34.8. The molecule has 0 saturated heterocycles. The van der Waals surface area contributed by atoms with Gasteiger partial charge < -0.3 is 30.6 Å². The average molecular weight is 465 g/mol. The second-order valence-electron chi connectivity index (χ2n) is 8.09. The Kier molecular flexibility index (Phi) is 21.6. The fourth-order valence-electron chi connectivity index (χ4n) is 2.29. The molecule has 0 aromatic rings. The molecular weight excluding hydrogens is 420 g/mol. The zero-order chi connectivity index (χ0) is 26.0. The molecule has 0 radical (unpaired) electrons. The van der Waals surface area contributed by atoms with Gasteiger partial charge in [0.15, 0.2) is 0 Å². The molecular formula is C22H44N2O8.